The predicted molar refractivity (Wildman–Crippen MR) is 102 cm³/mol. The van der Waals surface area contributed by atoms with Gasteiger partial charge in [0.25, 0.3) is 11.6 Å². The van der Waals surface area contributed by atoms with Gasteiger partial charge in [0.15, 0.2) is 5.69 Å². The first-order chi connectivity index (χ1) is 13.8. The molecule has 3 aromatic rings. The van der Waals surface area contributed by atoms with E-state index in [1.165, 1.54) is 30.5 Å². The number of benzene rings is 2. The van der Waals surface area contributed by atoms with Gasteiger partial charge in [-0.05, 0) is 24.6 Å². The fourth-order valence-electron chi connectivity index (χ4n) is 2.52. The first-order valence-electron chi connectivity index (χ1n) is 8.41. The molecule has 0 aliphatic heterocycles. The number of aromatic nitrogens is 2. The molecule has 3 rings (SSSR count). The molecule has 0 saturated carbocycles. The van der Waals surface area contributed by atoms with Crippen LogP contribution in [0, 0.1) is 17.0 Å². The van der Waals surface area contributed by atoms with Crippen LogP contribution in [-0.2, 0) is 11.3 Å². The Morgan fingerprint density at radius 2 is 2.00 bits per heavy atom. The number of aliphatic carboxylic acids is 1. The van der Waals surface area contributed by atoms with Crippen molar-refractivity contribution in [3.8, 4) is 11.5 Å². The van der Waals surface area contributed by atoms with Crippen molar-refractivity contribution >= 4 is 23.3 Å². The van der Waals surface area contributed by atoms with Crippen LogP contribution in [0.3, 0.4) is 0 Å². The molecule has 10 nitrogen and oxygen atoms in total. The molecule has 0 aliphatic carbocycles. The normalized spacial score (nSPS) is 10.4. The number of nitro benzene ring substituents is 1. The number of carbonyl (C=O) groups is 2. The topological polar surface area (TPSA) is 137 Å². The fraction of sp³-hybridized carbons (Fsp3) is 0.105. The van der Waals surface area contributed by atoms with Gasteiger partial charge in [-0.15, -0.1) is 0 Å². The van der Waals surface area contributed by atoms with E-state index in [-0.39, 0.29) is 22.8 Å². The van der Waals surface area contributed by atoms with Crippen molar-refractivity contribution in [2.24, 2.45) is 0 Å². The van der Waals surface area contributed by atoms with Crippen LogP contribution >= 0.6 is 0 Å². The summed E-state index contributed by atoms with van der Waals surface area (Å²) in [4.78, 5) is 33.7. The minimum absolute atomic E-state index is 0.0286. The van der Waals surface area contributed by atoms with Crippen molar-refractivity contribution in [1.82, 2.24) is 9.78 Å². The van der Waals surface area contributed by atoms with E-state index in [2.05, 4.69) is 10.4 Å². The Labute approximate surface area is 164 Å². The predicted octanol–water partition coefficient (Wildman–Crippen LogP) is 3.23. The van der Waals surface area contributed by atoms with Crippen molar-refractivity contribution in [3.05, 3.63) is 76.1 Å². The lowest BCUT2D eigenvalue weighted by atomic mass is 10.2. The number of carboxylic acids is 1. The SMILES string of the molecule is Cc1ccccc1Oc1cc(NC(=O)c2ccn(CC(=O)O)n2)cc([N+](=O)[O-])c1. The Hall–Kier alpha value is -4.21. The summed E-state index contributed by atoms with van der Waals surface area (Å²) in [6.45, 7) is 1.45. The molecule has 2 aromatic carbocycles. The molecule has 1 amide bonds. The Bertz CT molecular complexity index is 1090. The largest absolute Gasteiger partial charge is 0.480 e. The molecule has 29 heavy (non-hydrogen) atoms. The summed E-state index contributed by atoms with van der Waals surface area (Å²) in [5, 5.41) is 26.4. The minimum Gasteiger partial charge on any atom is -0.480 e. The van der Waals surface area contributed by atoms with E-state index in [9.17, 15) is 19.7 Å². The third-order valence-corrected chi connectivity index (χ3v) is 3.85. The third kappa shape index (κ3) is 4.95. The maximum atomic E-state index is 12.4. The standard InChI is InChI=1S/C19H16N4O6/c1-12-4-2-3-5-17(12)29-15-9-13(8-14(10-15)23(27)28)20-19(26)16-6-7-22(21-16)11-18(24)25/h2-10H,11H2,1H3,(H,20,26)(H,24,25). The molecule has 0 spiro atoms. The second-order valence-corrected chi connectivity index (χ2v) is 6.09. The number of rotatable bonds is 7. The number of ether oxygens (including phenoxy) is 1. The van der Waals surface area contributed by atoms with E-state index >= 15 is 0 Å². The summed E-state index contributed by atoms with van der Waals surface area (Å²) in [5.41, 5.74) is 0.691. The summed E-state index contributed by atoms with van der Waals surface area (Å²) < 4.78 is 6.83. The molecular weight excluding hydrogens is 380 g/mol. The number of non-ortho nitro benzene ring substituents is 1. The Morgan fingerprint density at radius 1 is 1.24 bits per heavy atom. The van der Waals surface area contributed by atoms with Crippen molar-refractivity contribution in [3.63, 3.8) is 0 Å². The highest BCUT2D eigenvalue weighted by Gasteiger charge is 2.16. The number of amides is 1. The van der Waals surface area contributed by atoms with Crippen LogP contribution in [0.4, 0.5) is 11.4 Å². The number of aryl methyl sites for hydroxylation is 1. The van der Waals surface area contributed by atoms with Crippen molar-refractivity contribution in [2.45, 2.75) is 13.5 Å². The number of hydrogen-bond acceptors (Lipinski definition) is 6. The van der Waals surface area contributed by atoms with E-state index in [1.54, 1.807) is 12.1 Å². The first-order valence-corrected chi connectivity index (χ1v) is 8.41. The third-order valence-electron chi connectivity index (χ3n) is 3.85. The monoisotopic (exact) mass is 396 g/mol. The molecule has 0 radical (unpaired) electrons. The molecule has 0 unspecified atom stereocenters. The zero-order chi connectivity index (χ0) is 21.0. The van der Waals surface area contributed by atoms with Gasteiger partial charge in [-0.1, -0.05) is 18.2 Å². The highest BCUT2D eigenvalue weighted by molar-refractivity contribution is 6.03. The second kappa shape index (κ2) is 8.21. The number of carbonyl (C=O) groups excluding carboxylic acids is 1. The Morgan fingerprint density at radius 3 is 2.69 bits per heavy atom. The lowest BCUT2D eigenvalue weighted by molar-refractivity contribution is -0.384. The summed E-state index contributed by atoms with van der Waals surface area (Å²) in [6.07, 6.45) is 1.35. The van der Waals surface area contributed by atoms with Gasteiger partial charge < -0.3 is 15.2 Å². The molecular formula is C19H16N4O6. The molecule has 0 fully saturated rings. The van der Waals surface area contributed by atoms with Crippen molar-refractivity contribution < 1.29 is 24.4 Å². The van der Waals surface area contributed by atoms with Gasteiger partial charge in [-0.3, -0.25) is 24.4 Å². The quantitative estimate of drug-likeness (QED) is 0.462. The van der Waals surface area contributed by atoms with Gasteiger partial charge in [0, 0.05) is 18.3 Å². The number of anilines is 1. The zero-order valence-electron chi connectivity index (χ0n) is 15.2. The van der Waals surface area contributed by atoms with Gasteiger partial charge >= 0.3 is 5.97 Å². The summed E-state index contributed by atoms with van der Waals surface area (Å²) in [6, 6.07) is 12.4. The van der Waals surface area contributed by atoms with E-state index in [4.69, 9.17) is 9.84 Å². The average molecular weight is 396 g/mol. The van der Waals surface area contributed by atoms with Gasteiger partial charge in [0.05, 0.1) is 16.7 Å². The fourth-order valence-corrected chi connectivity index (χ4v) is 2.52. The van der Waals surface area contributed by atoms with E-state index in [0.717, 1.165) is 10.2 Å². The number of nitro groups is 1. The van der Waals surface area contributed by atoms with Crippen LogP contribution in [0.5, 0.6) is 11.5 Å². The smallest absolute Gasteiger partial charge is 0.325 e. The zero-order valence-corrected chi connectivity index (χ0v) is 15.2. The van der Waals surface area contributed by atoms with Crippen LogP contribution in [0.25, 0.3) is 0 Å². The summed E-state index contributed by atoms with van der Waals surface area (Å²) >= 11 is 0. The molecule has 0 atom stereocenters. The lowest BCUT2D eigenvalue weighted by Gasteiger charge is -2.10. The van der Waals surface area contributed by atoms with Gasteiger partial charge in [-0.25, -0.2) is 0 Å². The highest BCUT2D eigenvalue weighted by atomic mass is 16.6. The molecule has 2 N–H and O–H groups in total. The van der Waals surface area contributed by atoms with Gasteiger partial charge in [-0.2, -0.15) is 5.10 Å². The van der Waals surface area contributed by atoms with Crippen LogP contribution in [-0.4, -0.2) is 31.7 Å². The maximum absolute atomic E-state index is 12.4. The van der Waals surface area contributed by atoms with Crippen molar-refractivity contribution in [2.75, 3.05) is 5.32 Å². The van der Waals surface area contributed by atoms with E-state index in [0.29, 0.717) is 5.75 Å². The van der Waals surface area contributed by atoms with Gasteiger partial charge in [0.2, 0.25) is 0 Å². The number of para-hydroxylation sites is 1. The van der Waals surface area contributed by atoms with Crippen LogP contribution in [0.1, 0.15) is 16.1 Å². The number of hydrogen-bond donors (Lipinski definition) is 2. The van der Waals surface area contributed by atoms with Crippen LogP contribution < -0.4 is 10.1 Å². The second-order valence-electron chi connectivity index (χ2n) is 6.09. The molecule has 148 valence electrons. The Balaban J connectivity index is 1.84. The summed E-state index contributed by atoms with van der Waals surface area (Å²) in [5.74, 6) is -1.04. The van der Waals surface area contributed by atoms with E-state index < -0.39 is 23.3 Å². The Kier molecular flexibility index (Phi) is 5.54. The maximum Gasteiger partial charge on any atom is 0.325 e. The van der Waals surface area contributed by atoms with Crippen LogP contribution in [0.15, 0.2) is 54.7 Å². The van der Waals surface area contributed by atoms with E-state index in [1.807, 2.05) is 19.1 Å². The molecule has 0 aliphatic rings. The number of nitrogens with one attached hydrogen (secondary N) is 1. The lowest BCUT2D eigenvalue weighted by Crippen LogP contribution is -2.15. The minimum atomic E-state index is -1.10. The number of nitrogens with zero attached hydrogens (tertiary/aromatic N) is 3. The van der Waals surface area contributed by atoms with Gasteiger partial charge in [0.1, 0.15) is 18.0 Å². The van der Waals surface area contributed by atoms with Crippen molar-refractivity contribution in [1.29, 1.82) is 0 Å². The molecule has 0 saturated heterocycles. The molecule has 1 aromatic heterocycles. The first kappa shape index (κ1) is 19.5. The molecule has 0 bridgehead atoms. The molecule has 1 heterocycles. The highest BCUT2D eigenvalue weighted by Crippen LogP contribution is 2.31. The molecule has 10 heteroatoms. The average Bonchev–Trinajstić information content (AvgIpc) is 3.11. The number of carboxylic acid groups (broad SMARTS) is 1. The summed E-state index contributed by atoms with van der Waals surface area (Å²) in [7, 11) is 0. The van der Waals surface area contributed by atoms with Crippen LogP contribution in [0.2, 0.25) is 0 Å².